The Morgan fingerprint density at radius 1 is 1.12 bits per heavy atom. The van der Waals surface area contributed by atoms with E-state index < -0.39 is 0 Å². The number of para-hydroxylation sites is 1. The molecule has 4 rings (SSSR count). The molecular weight excluding hydrogens is 424 g/mol. The van der Waals surface area contributed by atoms with Gasteiger partial charge in [-0.05, 0) is 43.7 Å². The summed E-state index contributed by atoms with van der Waals surface area (Å²) >= 11 is 1.50. The smallest absolute Gasteiger partial charge is 0.262 e. The highest BCUT2D eigenvalue weighted by Gasteiger charge is 2.17. The number of hydrogen-bond acceptors (Lipinski definition) is 6. The number of ketones is 1. The molecule has 0 aliphatic carbocycles. The van der Waals surface area contributed by atoms with Crippen LogP contribution in [0.1, 0.15) is 49.0 Å². The second kappa shape index (κ2) is 9.56. The molecule has 0 aliphatic rings. The van der Waals surface area contributed by atoms with Crippen LogP contribution in [0.2, 0.25) is 0 Å². The van der Waals surface area contributed by atoms with E-state index in [4.69, 9.17) is 4.74 Å². The molecule has 0 amide bonds. The third-order valence-electron chi connectivity index (χ3n) is 5.51. The lowest BCUT2D eigenvalue weighted by Gasteiger charge is -2.12. The van der Waals surface area contributed by atoms with Gasteiger partial charge in [0.2, 0.25) is 5.78 Å². The fourth-order valence-electron chi connectivity index (χ4n) is 3.80. The molecule has 8 heteroatoms. The van der Waals surface area contributed by atoms with Crippen LogP contribution in [0, 0.1) is 0 Å². The first-order valence-electron chi connectivity index (χ1n) is 10.7. The zero-order valence-electron chi connectivity index (χ0n) is 18.5. The van der Waals surface area contributed by atoms with E-state index in [0.29, 0.717) is 34.2 Å². The van der Waals surface area contributed by atoms with Crippen molar-refractivity contribution in [3.8, 4) is 5.75 Å². The average Bonchev–Trinajstić information content (AvgIpc) is 3.23. The fraction of sp³-hybridized carbons (Fsp3) is 0.333. The molecule has 0 aliphatic heterocycles. The Bertz CT molecular complexity index is 1340. The van der Waals surface area contributed by atoms with Gasteiger partial charge >= 0.3 is 0 Å². The zero-order chi connectivity index (χ0) is 22.7. The van der Waals surface area contributed by atoms with E-state index >= 15 is 0 Å². The first-order valence-corrected chi connectivity index (χ1v) is 11.7. The van der Waals surface area contributed by atoms with Crippen LogP contribution in [0.25, 0.3) is 16.7 Å². The number of carbonyl (C=O) groups is 1. The maximum Gasteiger partial charge on any atom is 0.262 e. The first kappa shape index (κ1) is 22.1. The van der Waals surface area contributed by atoms with Crippen molar-refractivity contribution in [1.29, 1.82) is 0 Å². The van der Waals surface area contributed by atoms with Crippen molar-refractivity contribution in [3.05, 3.63) is 63.9 Å². The highest BCUT2D eigenvalue weighted by molar-refractivity contribution is 7.98. The third-order valence-corrected chi connectivity index (χ3v) is 6.48. The van der Waals surface area contributed by atoms with Crippen molar-refractivity contribution in [3.63, 3.8) is 0 Å². The van der Waals surface area contributed by atoms with E-state index in [2.05, 4.69) is 17.1 Å². The van der Waals surface area contributed by atoms with Crippen molar-refractivity contribution in [2.75, 3.05) is 7.11 Å². The topological polar surface area (TPSA) is 78.5 Å². The van der Waals surface area contributed by atoms with Gasteiger partial charge in [0.1, 0.15) is 5.75 Å². The van der Waals surface area contributed by atoms with Gasteiger partial charge in [0.15, 0.2) is 10.9 Å². The lowest BCUT2D eigenvalue weighted by atomic mass is 10.1. The predicted molar refractivity (Wildman–Crippen MR) is 127 cm³/mol. The molecule has 0 fully saturated rings. The maximum absolute atomic E-state index is 13.1. The molecule has 0 saturated heterocycles. The van der Waals surface area contributed by atoms with Gasteiger partial charge in [0.25, 0.3) is 5.56 Å². The number of benzene rings is 2. The molecule has 166 valence electrons. The molecular formula is C24H26N4O3S. The lowest BCUT2D eigenvalue weighted by Crippen LogP contribution is -2.23. The number of fused-ring (bicyclic) bond motifs is 3. The van der Waals surface area contributed by atoms with Crippen LogP contribution in [-0.2, 0) is 12.3 Å². The number of Topliss-reactive ketones (excluding diaryl/α,β-unsaturated/α-hetero) is 1. The molecule has 32 heavy (non-hydrogen) atoms. The van der Waals surface area contributed by atoms with Gasteiger partial charge in [-0.2, -0.15) is 0 Å². The Kier molecular flexibility index (Phi) is 6.60. The molecule has 2 heterocycles. The van der Waals surface area contributed by atoms with Crippen LogP contribution in [0.4, 0.5) is 0 Å². The Morgan fingerprint density at radius 2 is 1.94 bits per heavy atom. The SMILES string of the molecule is CCCCCn1c(=O)c2ccccc2n2c(SCc3cc(C(C)=O)ccc3OC)nnc12. The molecule has 2 aromatic heterocycles. The van der Waals surface area contributed by atoms with E-state index in [9.17, 15) is 9.59 Å². The van der Waals surface area contributed by atoms with Crippen molar-refractivity contribution < 1.29 is 9.53 Å². The highest BCUT2D eigenvalue weighted by Crippen LogP contribution is 2.29. The number of unbranched alkanes of at least 4 members (excludes halogenated alkanes) is 2. The quantitative estimate of drug-likeness (QED) is 0.208. The average molecular weight is 451 g/mol. The van der Waals surface area contributed by atoms with Crippen LogP contribution in [-0.4, -0.2) is 32.1 Å². The van der Waals surface area contributed by atoms with E-state index in [1.54, 1.807) is 24.7 Å². The largest absolute Gasteiger partial charge is 0.496 e. The summed E-state index contributed by atoms with van der Waals surface area (Å²) in [6, 6.07) is 13.0. The van der Waals surface area contributed by atoms with Crippen LogP contribution in [0.3, 0.4) is 0 Å². The van der Waals surface area contributed by atoms with Gasteiger partial charge in [-0.1, -0.05) is 43.7 Å². The first-order chi connectivity index (χ1) is 15.5. The van der Waals surface area contributed by atoms with Crippen LogP contribution >= 0.6 is 11.8 Å². The van der Waals surface area contributed by atoms with Crippen molar-refractivity contribution in [2.24, 2.45) is 0 Å². The summed E-state index contributed by atoms with van der Waals surface area (Å²) in [6.45, 7) is 4.30. The lowest BCUT2D eigenvalue weighted by molar-refractivity contribution is 0.101. The number of ether oxygens (including phenoxy) is 1. The van der Waals surface area contributed by atoms with Gasteiger partial charge < -0.3 is 4.74 Å². The summed E-state index contributed by atoms with van der Waals surface area (Å²) < 4.78 is 9.17. The van der Waals surface area contributed by atoms with E-state index in [1.807, 2.05) is 40.8 Å². The predicted octanol–water partition coefficient (Wildman–Crippen LogP) is 4.74. The number of carbonyl (C=O) groups excluding carboxylic acids is 1. The second-order valence-corrected chi connectivity index (χ2v) is 8.61. The molecule has 2 aromatic carbocycles. The third kappa shape index (κ3) is 4.14. The molecule has 0 N–H and O–H groups in total. The summed E-state index contributed by atoms with van der Waals surface area (Å²) in [5, 5.41) is 10.1. The van der Waals surface area contributed by atoms with Gasteiger partial charge in [-0.15, -0.1) is 10.2 Å². The summed E-state index contributed by atoms with van der Waals surface area (Å²) in [6.07, 6.45) is 3.04. The molecule has 0 bridgehead atoms. The van der Waals surface area contributed by atoms with E-state index in [0.717, 1.165) is 36.1 Å². The minimum atomic E-state index is -0.0380. The number of hydrogen-bond donors (Lipinski definition) is 0. The molecule has 7 nitrogen and oxygen atoms in total. The summed E-state index contributed by atoms with van der Waals surface area (Å²) in [5.74, 6) is 1.83. The number of nitrogens with zero attached hydrogens (tertiary/aromatic N) is 4. The molecule has 0 radical (unpaired) electrons. The summed E-state index contributed by atoms with van der Waals surface area (Å²) in [5.41, 5.74) is 2.30. The maximum atomic E-state index is 13.1. The molecule has 4 aromatic rings. The van der Waals surface area contributed by atoms with E-state index in [-0.39, 0.29) is 11.3 Å². The molecule has 0 spiro atoms. The Hall–Kier alpha value is -3.13. The number of methoxy groups -OCH3 is 1. The van der Waals surface area contributed by atoms with Crippen molar-refractivity contribution in [1.82, 2.24) is 19.2 Å². The number of aromatic nitrogens is 4. The minimum Gasteiger partial charge on any atom is -0.496 e. The summed E-state index contributed by atoms with van der Waals surface area (Å²) in [4.78, 5) is 25.0. The standard InChI is InChI=1S/C24H26N4O3S/c1-4-5-8-13-27-22(30)19-9-6-7-10-20(19)28-23(27)25-26-24(28)32-15-18-14-17(16(2)29)11-12-21(18)31-3/h6-7,9-12,14H,4-5,8,13,15H2,1-3H3. The normalized spacial score (nSPS) is 11.3. The second-order valence-electron chi connectivity index (χ2n) is 7.67. The van der Waals surface area contributed by atoms with E-state index in [1.165, 1.54) is 11.8 Å². The van der Waals surface area contributed by atoms with Crippen molar-refractivity contribution in [2.45, 2.75) is 50.6 Å². The zero-order valence-corrected chi connectivity index (χ0v) is 19.3. The molecule has 0 atom stereocenters. The Morgan fingerprint density at radius 3 is 2.69 bits per heavy atom. The number of rotatable bonds is 9. The highest BCUT2D eigenvalue weighted by atomic mass is 32.2. The van der Waals surface area contributed by atoms with Gasteiger partial charge in [0.05, 0.1) is 18.0 Å². The number of thioether (sulfide) groups is 1. The van der Waals surface area contributed by atoms with Gasteiger partial charge in [0, 0.05) is 23.4 Å². The van der Waals surface area contributed by atoms with Crippen molar-refractivity contribution >= 4 is 34.2 Å². The monoisotopic (exact) mass is 450 g/mol. The van der Waals surface area contributed by atoms with Gasteiger partial charge in [-0.25, -0.2) is 0 Å². The van der Waals surface area contributed by atoms with Crippen LogP contribution in [0.5, 0.6) is 5.75 Å². The summed E-state index contributed by atoms with van der Waals surface area (Å²) in [7, 11) is 1.62. The fourth-order valence-corrected chi connectivity index (χ4v) is 4.72. The molecule has 0 unspecified atom stereocenters. The molecule has 0 saturated carbocycles. The van der Waals surface area contributed by atoms with Crippen LogP contribution in [0.15, 0.2) is 52.4 Å². The van der Waals surface area contributed by atoms with Gasteiger partial charge in [-0.3, -0.25) is 18.6 Å². The Balaban J connectivity index is 1.77. The number of aryl methyl sites for hydroxylation is 1. The minimum absolute atomic E-state index is 0.00826. The van der Waals surface area contributed by atoms with Crippen LogP contribution < -0.4 is 10.3 Å². The Labute approximate surface area is 190 Å².